The Morgan fingerprint density at radius 1 is 1.24 bits per heavy atom. The van der Waals surface area contributed by atoms with Gasteiger partial charge in [-0.15, -0.1) is 0 Å². The van der Waals surface area contributed by atoms with Crippen LogP contribution >= 0.6 is 0 Å². The van der Waals surface area contributed by atoms with Crippen molar-refractivity contribution in [3.05, 3.63) is 29.8 Å². The van der Waals surface area contributed by atoms with Crippen LogP contribution in [-0.4, -0.2) is 40.1 Å². The van der Waals surface area contributed by atoms with E-state index in [0.29, 0.717) is 19.1 Å². The number of para-hydroxylation sites is 1. The molecule has 1 N–H and O–H groups in total. The lowest BCUT2D eigenvalue weighted by Crippen LogP contribution is -2.33. The minimum Gasteiger partial charge on any atom is -0.491 e. The quantitative estimate of drug-likeness (QED) is 0.673. The zero-order valence-electron chi connectivity index (χ0n) is 13.3. The largest absolute Gasteiger partial charge is 0.491 e. The van der Waals surface area contributed by atoms with Crippen molar-refractivity contribution in [2.24, 2.45) is 5.92 Å². The van der Waals surface area contributed by atoms with E-state index < -0.39 is 0 Å². The lowest BCUT2D eigenvalue weighted by atomic mass is 9.97. The SMILES string of the molecule is CCOC(C1CC1)C(NC)c1ccccc1OCCOC. The van der Waals surface area contributed by atoms with E-state index in [0.717, 1.165) is 12.4 Å². The number of likely N-dealkylation sites (N-methyl/N-ethyl adjacent to an activating group) is 1. The second-order valence-electron chi connectivity index (χ2n) is 5.40. The van der Waals surface area contributed by atoms with E-state index in [-0.39, 0.29) is 12.1 Å². The van der Waals surface area contributed by atoms with Gasteiger partial charge in [-0.05, 0) is 38.8 Å². The summed E-state index contributed by atoms with van der Waals surface area (Å²) >= 11 is 0. The second kappa shape index (κ2) is 8.37. The van der Waals surface area contributed by atoms with Gasteiger partial charge in [0.05, 0.1) is 18.8 Å². The molecule has 1 aromatic carbocycles. The molecule has 1 aliphatic carbocycles. The van der Waals surface area contributed by atoms with Gasteiger partial charge in [-0.25, -0.2) is 0 Å². The van der Waals surface area contributed by atoms with Crippen LogP contribution in [0.1, 0.15) is 31.4 Å². The van der Waals surface area contributed by atoms with Crippen molar-refractivity contribution in [3.63, 3.8) is 0 Å². The van der Waals surface area contributed by atoms with Crippen molar-refractivity contribution in [2.75, 3.05) is 34.0 Å². The van der Waals surface area contributed by atoms with Crippen LogP contribution in [0, 0.1) is 5.92 Å². The summed E-state index contributed by atoms with van der Waals surface area (Å²) in [6, 6.07) is 8.36. The summed E-state index contributed by atoms with van der Waals surface area (Å²) in [6.45, 7) is 3.96. The summed E-state index contributed by atoms with van der Waals surface area (Å²) in [4.78, 5) is 0. The number of benzene rings is 1. The van der Waals surface area contributed by atoms with Crippen LogP contribution in [0.25, 0.3) is 0 Å². The highest BCUT2D eigenvalue weighted by Crippen LogP contribution is 2.41. The highest BCUT2D eigenvalue weighted by Gasteiger charge is 2.38. The maximum absolute atomic E-state index is 6.01. The highest BCUT2D eigenvalue weighted by molar-refractivity contribution is 5.37. The number of methoxy groups -OCH3 is 1. The van der Waals surface area contributed by atoms with E-state index in [1.165, 1.54) is 18.4 Å². The van der Waals surface area contributed by atoms with Crippen molar-refractivity contribution in [2.45, 2.75) is 31.9 Å². The Bertz CT molecular complexity index is 420. The summed E-state index contributed by atoms with van der Waals surface area (Å²) in [5, 5.41) is 3.42. The molecule has 0 aliphatic heterocycles. The maximum Gasteiger partial charge on any atom is 0.124 e. The lowest BCUT2D eigenvalue weighted by molar-refractivity contribution is 0.0196. The zero-order valence-corrected chi connectivity index (χ0v) is 13.3. The Morgan fingerprint density at radius 3 is 2.62 bits per heavy atom. The minimum absolute atomic E-state index is 0.163. The molecule has 1 fully saturated rings. The number of hydrogen-bond acceptors (Lipinski definition) is 4. The summed E-state index contributed by atoms with van der Waals surface area (Å²) in [5.74, 6) is 1.58. The average molecular weight is 293 g/mol. The Labute approximate surface area is 127 Å². The molecule has 0 amide bonds. The molecule has 21 heavy (non-hydrogen) atoms. The van der Waals surface area contributed by atoms with Gasteiger partial charge in [0, 0.05) is 19.3 Å². The van der Waals surface area contributed by atoms with E-state index in [1.807, 2.05) is 19.2 Å². The minimum atomic E-state index is 0.163. The third-order valence-corrected chi connectivity index (χ3v) is 3.88. The summed E-state index contributed by atoms with van der Waals surface area (Å²) < 4.78 is 16.9. The number of ether oxygens (including phenoxy) is 3. The van der Waals surface area contributed by atoms with Crippen LogP contribution in [0.3, 0.4) is 0 Å². The maximum atomic E-state index is 6.01. The van der Waals surface area contributed by atoms with Gasteiger partial charge >= 0.3 is 0 Å². The number of nitrogens with one attached hydrogen (secondary N) is 1. The van der Waals surface area contributed by atoms with Crippen LogP contribution < -0.4 is 10.1 Å². The van der Waals surface area contributed by atoms with Crippen LogP contribution in [0.5, 0.6) is 5.75 Å². The summed E-state index contributed by atoms with van der Waals surface area (Å²) in [5.41, 5.74) is 1.17. The van der Waals surface area contributed by atoms with E-state index >= 15 is 0 Å². The second-order valence-corrected chi connectivity index (χ2v) is 5.40. The first kappa shape index (κ1) is 16.3. The molecular formula is C17H27NO3. The van der Waals surface area contributed by atoms with Gasteiger partial charge in [-0.2, -0.15) is 0 Å². The molecule has 2 unspecified atom stereocenters. The molecule has 2 rings (SSSR count). The Kier molecular flexibility index (Phi) is 6.49. The van der Waals surface area contributed by atoms with E-state index in [2.05, 4.69) is 24.4 Å². The van der Waals surface area contributed by atoms with Gasteiger partial charge in [0.2, 0.25) is 0 Å². The standard InChI is InChI=1S/C17H27NO3/c1-4-20-17(13-9-10-13)16(18-2)14-7-5-6-8-15(14)21-12-11-19-3/h5-8,13,16-18H,4,9-12H2,1-3H3. The Hall–Kier alpha value is -1.10. The molecule has 0 spiro atoms. The van der Waals surface area contributed by atoms with Gasteiger partial charge in [-0.1, -0.05) is 18.2 Å². The van der Waals surface area contributed by atoms with Crippen molar-refractivity contribution in [1.82, 2.24) is 5.32 Å². The third-order valence-electron chi connectivity index (χ3n) is 3.88. The molecule has 0 aromatic heterocycles. The van der Waals surface area contributed by atoms with Gasteiger partial charge < -0.3 is 19.5 Å². The molecule has 4 nitrogen and oxygen atoms in total. The number of hydrogen-bond donors (Lipinski definition) is 1. The monoisotopic (exact) mass is 293 g/mol. The molecular weight excluding hydrogens is 266 g/mol. The normalized spacial score (nSPS) is 17.5. The lowest BCUT2D eigenvalue weighted by Gasteiger charge is -2.28. The fourth-order valence-electron chi connectivity index (χ4n) is 2.72. The van der Waals surface area contributed by atoms with E-state index in [9.17, 15) is 0 Å². The third kappa shape index (κ3) is 4.43. The Morgan fingerprint density at radius 2 is 2.00 bits per heavy atom. The Balaban J connectivity index is 2.15. The van der Waals surface area contributed by atoms with Crippen molar-refractivity contribution < 1.29 is 14.2 Å². The topological polar surface area (TPSA) is 39.7 Å². The van der Waals surface area contributed by atoms with Crippen molar-refractivity contribution in [1.29, 1.82) is 0 Å². The smallest absolute Gasteiger partial charge is 0.124 e. The molecule has 1 aromatic rings. The van der Waals surface area contributed by atoms with Crippen LogP contribution in [-0.2, 0) is 9.47 Å². The van der Waals surface area contributed by atoms with Crippen molar-refractivity contribution >= 4 is 0 Å². The first-order chi connectivity index (χ1) is 10.3. The average Bonchev–Trinajstić information content (AvgIpc) is 3.33. The van der Waals surface area contributed by atoms with Crippen molar-refractivity contribution in [3.8, 4) is 5.75 Å². The van der Waals surface area contributed by atoms with Gasteiger partial charge in [0.1, 0.15) is 12.4 Å². The number of rotatable bonds is 10. The molecule has 118 valence electrons. The first-order valence-electron chi connectivity index (χ1n) is 7.81. The molecule has 1 aliphatic rings. The summed E-state index contributed by atoms with van der Waals surface area (Å²) in [6.07, 6.45) is 2.73. The molecule has 0 bridgehead atoms. The fourth-order valence-corrected chi connectivity index (χ4v) is 2.72. The molecule has 0 saturated heterocycles. The predicted molar refractivity (Wildman–Crippen MR) is 83.8 cm³/mol. The van der Waals surface area contributed by atoms with E-state index in [1.54, 1.807) is 7.11 Å². The van der Waals surface area contributed by atoms with E-state index in [4.69, 9.17) is 14.2 Å². The fraction of sp³-hybridized carbons (Fsp3) is 0.647. The molecule has 0 radical (unpaired) electrons. The first-order valence-corrected chi connectivity index (χ1v) is 7.81. The van der Waals surface area contributed by atoms with Gasteiger partial charge in [0.15, 0.2) is 0 Å². The predicted octanol–water partition coefficient (Wildman–Crippen LogP) is 2.79. The van der Waals surface area contributed by atoms with Crippen LogP contribution in [0.2, 0.25) is 0 Å². The zero-order chi connectivity index (χ0) is 15.1. The van der Waals surface area contributed by atoms with Crippen LogP contribution in [0.4, 0.5) is 0 Å². The molecule has 4 heteroatoms. The summed E-state index contributed by atoms with van der Waals surface area (Å²) in [7, 11) is 3.68. The van der Waals surface area contributed by atoms with Gasteiger partial charge in [-0.3, -0.25) is 0 Å². The van der Waals surface area contributed by atoms with Crippen LogP contribution in [0.15, 0.2) is 24.3 Å². The highest BCUT2D eigenvalue weighted by atomic mass is 16.5. The molecule has 1 saturated carbocycles. The molecule has 0 heterocycles. The molecule has 2 atom stereocenters. The van der Waals surface area contributed by atoms with Gasteiger partial charge in [0.25, 0.3) is 0 Å².